The normalized spacial score (nSPS) is 14.3. The van der Waals surface area contributed by atoms with Gasteiger partial charge in [0.2, 0.25) is 5.91 Å². The first-order valence-corrected chi connectivity index (χ1v) is 10.5. The molecule has 1 unspecified atom stereocenters. The van der Waals surface area contributed by atoms with E-state index in [0.717, 1.165) is 24.4 Å². The highest BCUT2D eigenvalue weighted by atomic mass is 16.3. The second kappa shape index (κ2) is 9.71. The number of rotatable bonds is 10. The summed E-state index contributed by atoms with van der Waals surface area (Å²) in [4.78, 5) is 40.8. The van der Waals surface area contributed by atoms with Gasteiger partial charge in [-0.3, -0.25) is 24.2 Å². The van der Waals surface area contributed by atoms with E-state index >= 15 is 0 Å². The number of fused-ring (bicyclic) bond motifs is 1. The van der Waals surface area contributed by atoms with Gasteiger partial charge in [-0.05, 0) is 50.7 Å². The number of furan rings is 1. The number of benzene rings is 1. The Balaban J connectivity index is 1.50. The number of hydrogen-bond acceptors (Lipinski definition) is 5. The average molecular weight is 412 g/mol. The zero-order valence-corrected chi connectivity index (χ0v) is 17.8. The lowest BCUT2D eigenvalue weighted by Gasteiger charge is -2.28. The van der Waals surface area contributed by atoms with E-state index in [0.29, 0.717) is 24.1 Å². The van der Waals surface area contributed by atoms with Crippen LogP contribution in [0.5, 0.6) is 0 Å². The van der Waals surface area contributed by atoms with Crippen molar-refractivity contribution < 1.29 is 18.8 Å². The summed E-state index contributed by atoms with van der Waals surface area (Å²) in [6, 6.07) is 8.99. The highest BCUT2D eigenvalue weighted by Gasteiger charge is 2.35. The maximum absolute atomic E-state index is 12.5. The van der Waals surface area contributed by atoms with Crippen molar-refractivity contribution in [2.75, 3.05) is 26.2 Å². The molecule has 0 saturated heterocycles. The Labute approximate surface area is 177 Å². The molecule has 0 saturated carbocycles. The number of carbonyl (C=O) groups is 3. The molecule has 1 aliphatic heterocycles. The van der Waals surface area contributed by atoms with Crippen molar-refractivity contribution in [2.45, 2.75) is 39.7 Å². The SMILES string of the molecule is CCN(CC)C(CNC(=O)CCCN1C(=O)c2ccc(C)cc2C1=O)c1ccco1. The summed E-state index contributed by atoms with van der Waals surface area (Å²) in [5.41, 5.74) is 1.83. The van der Waals surface area contributed by atoms with Crippen LogP contribution in [-0.2, 0) is 4.79 Å². The zero-order chi connectivity index (χ0) is 21.7. The minimum Gasteiger partial charge on any atom is -0.468 e. The summed E-state index contributed by atoms with van der Waals surface area (Å²) in [7, 11) is 0. The van der Waals surface area contributed by atoms with Crippen molar-refractivity contribution in [2.24, 2.45) is 0 Å². The van der Waals surface area contributed by atoms with Crippen LogP contribution in [0.1, 0.15) is 64.8 Å². The second-order valence-electron chi connectivity index (χ2n) is 7.47. The fourth-order valence-electron chi connectivity index (χ4n) is 3.86. The van der Waals surface area contributed by atoms with E-state index in [2.05, 4.69) is 24.1 Å². The van der Waals surface area contributed by atoms with Gasteiger partial charge in [-0.25, -0.2) is 0 Å². The van der Waals surface area contributed by atoms with Crippen LogP contribution in [0.2, 0.25) is 0 Å². The van der Waals surface area contributed by atoms with Gasteiger partial charge >= 0.3 is 0 Å². The van der Waals surface area contributed by atoms with Crippen molar-refractivity contribution in [1.82, 2.24) is 15.1 Å². The molecule has 160 valence electrons. The Kier molecular flexibility index (Phi) is 7.05. The Morgan fingerprint density at radius 1 is 1.13 bits per heavy atom. The first-order valence-electron chi connectivity index (χ1n) is 10.5. The molecule has 7 nitrogen and oxygen atoms in total. The van der Waals surface area contributed by atoms with Gasteiger partial charge in [-0.2, -0.15) is 0 Å². The molecule has 1 atom stereocenters. The largest absolute Gasteiger partial charge is 0.468 e. The van der Waals surface area contributed by atoms with Gasteiger partial charge in [-0.1, -0.05) is 25.5 Å². The third-order valence-corrected chi connectivity index (χ3v) is 5.53. The number of aryl methyl sites for hydroxylation is 1. The Bertz CT molecular complexity index is 903. The third kappa shape index (κ3) is 4.62. The van der Waals surface area contributed by atoms with E-state index in [1.54, 1.807) is 18.4 Å². The van der Waals surface area contributed by atoms with Crippen molar-refractivity contribution in [3.05, 3.63) is 59.0 Å². The summed E-state index contributed by atoms with van der Waals surface area (Å²) < 4.78 is 5.55. The van der Waals surface area contributed by atoms with Crippen LogP contribution in [0.15, 0.2) is 41.0 Å². The van der Waals surface area contributed by atoms with Gasteiger partial charge in [0.1, 0.15) is 5.76 Å². The van der Waals surface area contributed by atoms with Crippen molar-refractivity contribution in [3.8, 4) is 0 Å². The Morgan fingerprint density at radius 2 is 1.87 bits per heavy atom. The number of carbonyl (C=O) groups excluding carboxylic acids is 3. The van der Waals surface area contributed by atoms with Gasteiger partial charge in [0.05, 0.1) is 23.4 Å². The van der Waals surface area contributed by atoms with Crippen LogP contribution in [0.4, 0.5) is 0 Å². The number of nitrogens with one attached hydrogen (secondary N) is 1. The minimum atomic E-state index is -0.283. The van der Waals surface area contributed by atoms with Crippen molar-refractivity contribution in [1.29, 1.82) is 0 Å². The van der Waals surface area contributed by atoms with Gasteiger partial charge in [0, 0.05) is 19.5 Å². The number of hydrogen-bond donors (Lipinski definition) is 1. The molecular formula is C23H29N3O4. The summed E-state index contributed by atoms with van der Waals surface area (Å²) in [5, 5.41) is 2.96. The van der Waals surface area contributed by atoms with Crippen LogP contribution in [0.3, 0.4) is 0 Å². The lowest BCUT2D eigenvalue weighted by atomic mass is 10.1. The molecule has 0 radical (unpaired) electrons. The summed E-state index contributed by atoms with van der Waals surface area (Å²) in [6.45, 7) is 8.40. The summed E-state index contributed by atoms with van der Waals surface area (Å²) in [6.07, 6.45) is 2.31. The lowest BCUT2D eigenvalue weighted by molar-refractivity contribution is -0.121. The molecule has 3 amide bonds. The summed E-state index contributed by atoms with van der Waals surface area (Å²) in [5.74, 6) is 0.153. The maximum atomic E-state index is 12.5. The van der Waals surface area contributed by atoms with Crippen LogP contribution < -0.4 is 5.32 Å². The van der Waals surface area contributed by atoms with Crippen LogP contribution in [0, 0.1) is 6.92 Å². The average Bonchev–Trinajstić information content (AvgIpc) is 3.34. The number of likely N-dealkylation sites (N-methyl/N-ethyl adjacent to an activating group) is 1. The zero-order valence-electron chi connectivity index (χ0n) is 17.8. The molecule has 2 heterocycles. The topological polar surface area (TPSA) is 82.9 Å². The van der Waals surface area contributed by atoms with E-state index < -0.39 is 0 Å². The predicted molar refractivity (Wildman–Crippen MR) is 113 cm³/mol. The van der Waals surface area contributed by atoms with E-state index in [9.17, 15) is 14.4 Å². The molecule has 7 heteroatoms. The Morgan fingerprint density at radius 3 is 2.53 bits per heavy atom. The molecule has 3 rings (SSSR count). The molecule has 1 aliphatic rings. The molecule has 30 heavy (non-hydrogen) atoms. The molecule has 0 bridgehead atoms. The first kappa shape index (κ1) is 21.8. The summed E-state index contributed by atoms with van der Waals surface area (Å²) >= 11 is 0. The standard InChI is InChI=1S/C23H29N3O4/c1-4-25(5-2)19(20-8-7-13-30-20)15-24-21(27)9-6-12-26-22(28)17-11-10-16(3)14-18(17)23(26)29/h7-8,10-11,13-14,19H,4-6,9,12,15H2,1-3H3,(H,24,27). The molecule has 1 N–H and O–H groups in total. The smallest absolute Gasteiger partial charge is 0.261 e. The van der Waals surface area contributed by atoms with Crippen LogP contribution >= 0.6 is 0 Å². The highest BCUT2D eigenvalue weighted by molar-refractivity contribution is 6.21. The molecule has 0 spiro atoms. The van der Waals surface area contributed by atoms with Gasteiger partial charge in [0.15, 0.2) is 0 Å². The predicted octanol–water partition coefficient (Wildman–Crippen LogP) is 3.16. The number of amides is 3. The van der Waals surface area contributed by atoms with Gasteiger partial charge in [0.25, 0.3) is 11.8 Å². The highest BCUT2D eigenvalue weighted by Crippen LogP contribution is 2.24. The third-order valence-electron chi connectivity index (χ3n) is 5.53. The Hall–Kier alpha value is -2.93. The van der Waals surface area contributed by atoms with Crippen molar-refractivity contribution >= 4 is 17.7 Å². The maximum Gasteiger partial charge on any atom is 0.261 e. The first-order chi connectivity index (χ1) is 14.5. The van der Waals surface area contributed by atoms with Crippen LogP contribution in [-0.4, -0.2) is 53.7 Å². The fraction of sp³-hybridized carbons (Fsp3) is 0.435. The molecule has 1 aromatic carbocycles. The molecule has 2 aromatic rings. The van der Waals surface area contributed by atoms with Crippen LogP contribution in [0.25, 0.3) is 0 Å². The van der Waals surface area contributed by atoms with E-state index in [1.807, 2.05) is 25.1 Å². The quantitative estimate of drug-likeness (QED) is 0.607. The number of nitrogens with zero attached hydrogens (tertiary/aromatic N) is 2. The second-order valence-corrected chi connectivity index (χ2v) is 7.47. The monoisotopic (exact) mass is 411 g/mol. The van der Waals surface area contributed by atoms with E-state index in [-0.39, 0.29) is 36.7 Å². The molecule has 1 aromatic heterocycles. The lowest BCUT2D eigenvalue weighted by Crippen LogP contribution is -2.38. The van der Waals surface area contributed by atoms with Crippen molar-refractivity contribution in [3.63, 3.8) is 0 Å². The van der Waals surface area contributed by atoms with Gasteiger partial charge < -0.3 is 9.73 Å². The van der Waals surface area contributed by atoms with E-state index in [4.69, 9.17) is 4.42 Å². The molecule has 0 aliphatic carbocycles. The van der Waals surface area contributed by atoms with E-state index in [1.165, 1.54) is 4.90 Å². The minimum absolute atomic E-state index is 0.0292. The molecule has 0 fully saturated rings. The fourth-order valence-corrected chi connectivity index (χ4v) is 3.86. The number of imide groups is 1. The van der Waals surface area contributed by atoms with Gasteiger partial charge in [-0.15, -0.1) is 0 Å². The molecular weight excluding hydrogens is 382 g/mol.